The molecule has 0 amide bonds. The molecule has 0 aliphatic rings. The number of hydrogen-bond donors (Lipinski definition) is 1. The second-order valence-electron chi connectivity index (χ2n) is 3.84. The van der Waals surface area contributed by atoms with E-state index in [0.29, 0.717) is 5.56 Å². The molecule has 0 radical (unpaired) electrons. The Labute approximate surface area is 102 Å². The molecule has 0 spiro atoms. The van der Waals surface area contributed by atoms with Crippen LogP contribution in [0.3, 0.4) is 0 Å². The van der Waals surface area contributed by atoms with E-state index in [0.717, 1.165) is 6.07 Å². The van der Waals surface area contributed by atoms with Gasteiger partial charge < -0.3 is 5.73 Å². The molecule has 0 saturated carbocycles. The minimum absolute atomic E-state index is 0.0659. The van der Waals surface area contributed by atoms with E-state index >= 15 is 0 Å². The molecule has 0 aliphatic heterocycles. The van der Waals surface area contributed by atoms with E-state index in [2.05, 4.69) is 4.98 Å². The van der Waals surface area contributed by atoms with Gasteiger partial charge in [-0.1, -0.05) is 18.2 Å². The minimum atomic E-state index is -4.40. The molecule has 94 valence electrons. The Kier molecular flexibility index (Phi) is 3.34. The number of aromatic nitrogens is 1. The summed E-state index contributed by atoms with van der Waals surface area (Å²) in [6, 6.07) is 7.74. The van der Waals surface area contributed by atoms with Crippen LogP contribution >= 0.6 is 0 Å². The first-order valence-corrected chi connectivity index (χ1v) is 5.32. The zero-order valence-corrected chi connectivity index (χ0v) is 9.35. The molecule has 1 aromatic carbocycles. The Morgan fingerprint density at radius 2 is 1.61 bits per heavy atom. The molecule has 5 heteroatoms. The molecule has 0 aliphatic carbocycles. The molecule has 0 saturated heterocycles. The van der Waals surface area contributed by atoms with Gasteiger partial charge in [0.25, 0.3) is 0 Å². The smallest absolute Gasteiger partial charge is 0.320 e. The highest BCUT2D eigenvalue weighted by Gasteiger charge is 2.34. The average molecular weight is 252 g/mol. The van der Waals surface area contributed by atoms with E-state index < -0.39 is 17.8 Å². The summed E-state index contributed by atoms with van der Waals surface area (Å²) in [5.41, 5.74) is 5.85. The van der Waals surface area contributed by atoms with Gasteiger partial charge in [-0.15, -0.1) is 0 Å². The van der Waals surface area contributed by atoms with Crippen LogP contribution in [0.5, 0.6) is 0 Å². The van der Waals surface area contributed by atoms with E-state index in [-0.39, 0.29) is 5.56 Å². The third-order valence-corrected chi connectivity index (χ3v) is 2.67. The molecule has 1 aromatic heterocycles. The maximum atomic E-state index is 12.9. The summed E-state index contributed by atoms with van der Waals surface area (Å²) in [5, 5.41) is 0. The number of rotatable bonds is 2. The van der Waals surface area contributed by atoms with E-state index in [9.17, 15) is 13.2 Å². The van der Waals surface area contributed by atoms with Crippen molar-refractivity contribution in [2.45, 2.75) is 12.2 Å². The fourth-order valence-electron chi connectivity index (χ4n) is 1.78. The number of nitrogens with two attached hydrogens (primary N) is 1. The van der Waals surface area contributed by atoms with Gasteiger partial charge in [-0.05, 0) is 29.3 Å². The van der Waals surface area contributed by atoms with Gasteiger partial charge in [-0.25, -0.2) is 0 Å². The number of benzene rings is 1. The van der Waals surface area contributed by atoms with Crippen LogP contribution in [-0.4, -0.2) is 4.98 Å². The standard InChI is InChI=1S/C13H11F3N2/c14-13(15,16)11-4-2-1-3-10(11)12(17)9-5-7-18-8-6-9/h1-8,12H,17H2. The van der Waals surface area contributed by atoms with Crippen LogP contribution in [0.1, 0.15) is 22.7 Å². The third kappa shape index (κ3) is 2.51. The molecule has 2 aromatic rings. The Hall–Kier alpha value is -1.88. The molecule has 2 rings (SSSR count). The van der Waals surface area contributed by atoms with Crippen molar-refractivity contribution in [3.05, 3.63) is 65.5 Å². The van der Waals surface area contributed by atoms with Gasteiger partial charge >= 0.3 is 6.18 Å². The fourth-order valence-corrected chi connectivity index (χ4v) is 1.78. The van der Waals surface area contributed by atoms with Gasteiger partial charge in [0.05, 0.1) is 11.6 Å². The van der Waals surface area contributed by atoms with E-state index in [1.165, 1.54) is 24.5 Å². The first kappa shape index (κ1) is 12.6. The monoisotopic (exact) mass is 252 g/mol. The van der Waals surface area contributed by atoms with Crippen molar-refractivity contribution < 1.29 is 13.2 Å². The van der Waals surface area contributed by atoms with E-state index in [1.807, 2.05) is 0 Å². The molecule has 1 unspecified atom stereocenters. The fraction of sp³-hybridized carbons (Fsp3) is 0.154. The van der Waals surface area contributed by atoms with Gasteiger partial charge in [0.1, 0.15) is 0 Å². The maximum Gasteiger partial charge on any atom is 0.416 e. The Morgan fingerprint density at radius 1 is 1.00 bits per heavy atom. The number of nitrogens with zero attached hydrogens (tertiary/aromatic N) is 1. The molecule has 1 atom stereocenters. The van der Waals surface area contributed by atoms with E-state index in [1.54, 1.807) is 18.2 Å². The largest absolute Gasteiger partial charge is 0.416 e. The molecule has 0 bridgehead atoms. The summed E-state index contributed by atoms with van der Waals surface area (Å²) in [7, 11) is 0. The first-order valence-electron chi connectivity index (χ1n) is 5.32. The predicted octanol–water partition coefficient (Wildman–Crippen LogP) is 3.15. The highest BCUT2D eigenvalue weighted by atomic mass is 19.4. The quantitative estimate of drug-likeness (QED) is 0.891. The summed E-state index contributed by atoms with van der Waals surface area (Å²) < 4.78 is 38.6. The summed E-state index contributed by atoms with van der Waals surface area (Å²) >= 11 is 0. The molecule has 1 heterocycles. The van der Waals surface area contributed by atoms with Crippen molar-refractivity contribution in [2.75, 3.05) is 0 Å². The highest BCUT2D eigenvalue weighted by molar-refractivity contribution is 5.37. The lowest BCUT2D eigenvalue weighted by Crippen LogP contribution is -2.18. The summed E-state index contributed by atoms with van der Waals surface area (Å²) in [5.74, 6) is 0. The average Bonchev–Trinajstić information content (AvgIpc) is 2.38. The van der Waals surface area contributed by atoms with Gasteiger partial charge in [0.2, 0.25) is 0 Å². The number of hydrogen-bond acceptors (Lipinski definition) is 2. The van der Waals surface area contributed by atoms with Gasteiger partial charge in [-0.2, -0.15) is 13.2 Å². The molecular formula is C13H11F3N2. The van der Waals surface area contributed by atoms with Crippen molar-refractivity contribution in [2.24, 2.45) is 5.73 Å². The second kappa shape index (κ2) is 4.78. The second-order valence-corrected chi connectivity index (χ2v) is 3.84. The summed E-state index contributed by atoms with van der Waals surface area (Å²) in [6.45, 7) is 0. The van der Waals surface area contributed by atoms with Crippen LogP contribution in [0.25, 0.3) is 0 Å². The molecular weight excluding hydrogens is 241 g/mol. The molecule has 0 fully saturated rings. The lowest BCUT2D eigenvalue weighted by atomic mass is 9.95. The Balaban J connectivity index is 2.46. The maximum absolute atomic E-state index is 12.9. The van der Waals surface area contributed by atoms with Gasteiger partial charge in [-0.3, -0.25) is 4.98 Å². The van der Waals surface area contributed by atoms with Crippen LogP contribution in [0.4, 0.5) is 13.2 Å². The normalized spacial score (nSPS) is 13.3. The van der Waals surface area contributed by atoms with Crippen molar-refractivity contribution in [3.63, 3.8) is 0 Å². The zero-order chi connectivity index (χ0) is 13.2. The van der Waals surface area contributed by atoms with Crippen LogP contribution in [0, 0.1) is 0 Å². The Bertz CT molecular complexity index is 523. The first-order chi connectivity index (χ1) is 8.50. The predicted molar refractivity (Wildman–Crippen MR) is 61.7 cm³/mol. The van der Waals surface area contributed by atoms with Crippen LogP contribution in [-0.2, 0) is 6.18 Å². The van der Waals surface area contributed by atoms with Crippen molar-refractivity contribution in [1.82, 2.24) is 4.98 Å². The topological polar surface area (TPSA) is 38.9 Å². The third-order valence-electron chi connectivity index (χ3n) is 2.67. The van der Waals surface area contributed by atoms with Gasteiger partial charge in [0, 0.05) is 12.4 Å². The van der Waals surface area contributed by atoms with Crippen LogP contribution in [0.15, 0.2) is 48.8 Å². The minimum Gasteiger partial charge on any atom is -0.320 e. The highest BCUT2D eigenvalue weighted by Crippen LogP contribution is 2.35. The van der Waals surface area contributed by atoms with Crippen molar-refractivity contribution >= 4 is 0 Å². The lowest BCUT2D eigenvalue weighted by Gasteiger charge is -2.18. The van der Waals surface area contributed by atoms with Gasteiger partial charge in [0.15, 0.2) is 0 Å². The zero-order valence-electron chi connectivity index (χ0n) is 9.35. The SMILES string of the molecule is NC(c1ccncc1)c1ccccc1C(F)(F)F. The van der Waals surface area contributed by atoms with Crippen molar-refractivity contribution in [3.8, 4) is 0 Å². The summed E-state index contributed by atoms with van der Waals surface area (Å²) in [4.78, 5) is 3.81. The van der Waals surface area contributed by atoms with Crippen LogP contribution in [0.2, 0.25) is 0 Å². The Morgan fingerprint density at radius 3 is 2.22 bits per heavy atom. The lowest BCUT2D eigenvalue weighted by molar-refractivity contribution is -0.138. The number of pyridine rings is 1. The molecule has 2 nitrogen and oxygen atoms in total. The molecule has 2 N–H and O–H groups in total. The van der Waals surface area contributed by atoms with E-state index in [4.69, 9.17) is 5.73 Å². The van der Waals surface area contributed by atoms with Crippen molar-refractivity contribution in [1.29, 1.82) is 0 Å². The number of halogens is 3. The number of alkyl halides is 3. The summed E-state index contributed by atoms with van der Waals surface area (Å²) in [6.07, 6.45) is -1.39. The van der Waals surface area contributed by atoms with Crippen LogP contribution < -0.4 is 5.73 Å². The molecule has 18 heavy (non-hydrogen) atoms.